The Labute approximate surface area is 107 Å². The Morgan fingerprint density at radius 3 is 2.82 bits per heavy atom. The van der Waals surface area contributed by atoms with Crippen LogP contribution >= 0.6 is 11.8 Å². The first-order valence-electron chi connectivity index (χ1n) is 5.66. The summed E-state index contributed by atoms with van der Waals surface area (Å²) >= 11 is 1.85. The van der Waals surface area contributed by atoms with E-state index in [-0.39, 0.29) is 0 Å². The zero-order chi connectivity index (χ0) is 12.8. The highest BCUT2D eigenvalue weighted by Gasteiger charge is 2.16. The summed E-state index contributed by atoms with van der Waals surface area (Å²) in [6.45, 7) is 4.20. The second kappa shape index (κ2) is 6.66. The number of anilines is 2. The molecule has 0 aliphatic heterocycles. The van der Waals surface area contributed by atoms with E-state index in [0.29, 0.717) is 12.0 Å². The molecule has 1 atom stereocenters. The fourth-order valence-corrected chi connectivity index (χ4v) is 2.57. The third-order valence-corrected chi connectivity index (χ3v) is 3.50. The molecule has 96 valence electrons. The molecule has 0 saturated carbocycles. The van der Waals surface area contributed by atoms with E-state index in [1.807, 2.05) is 18.7 Å². The lowest BCUT2D eigenvalue weighted by Crippen LogP contribution is -2.34. The van der Waals surface area contributed by atoms with Gasteiger partial charge in [0.2, 0.25) is 5.95 Å². The van der Waals surface area contributed by atoms with Crippen LogP contribution in [-0.4, -0.2) is 35.1 Å². The lowest BCUT2D eigenvalue weighted by atomic mass is 10.2. The van der Waals surface area contributed by atoms with Gasteiger partial charge in [-0.3, -0.25) is 5.43 Å². The van der Waals surface area contributed by atoms with Crippen molar-refractivity contribution in [2.24, 2.45) is 5.84 Å². The van der Waals surface area contributed by atoms with Crippen molar-refractivity contribution in [1.29, 1.82) is 0 Å². The number of hydrogen-bond donors (Lipinski definition) is 2. The lowest BCUT2D eigenvalue weighted by molar-refractivity contribution is 0.663. The van der Waals surface area contributed by atoms with Crippen molar-refractivity contribution in [3.63, 3.8) is 0 Å². The summed E-state index contributed by atoms with van der Waals surface area (Å²) in [7, 11) is 2.07. The Kier molecular flexibility index (Phi) is 5.50. The fourth-order valence-electron chi connectivity index (χ4n) is 1.73. The zero-order valence-electron chi connectivity index (χ0n) is 10.9. The van der Waals surface area contributed by atoms with Crippen LogP contribution in [-0.2, 0) is 0 Å². The molecule has 0 amide bonds. The Bertz CT molecular complexity index is 358. The largest absolute Gasteiger partial charge is 0.355 e. The average molecular weight is 255 g/mol. The maximum atomic E-state index is 5.34. The molecular formula is C11H21N5S. The van der Waals surface area contributed by atoms with E-state index in [0.717, 1.165) is 23.6 Å². The molecule has 5 nitrogen and oxygen atoms in total. The maximum absolute atomic E-state index is 5.34. The van der Waals surface area contributed by atoms with Crippen molar-refractivity contribution in [3.05, 3.63) is 11.8 Å². The number of nitrogens with one attached hydrogen (secondary N) is 1. The van der Waals surface area contributed by atoms with Crippen LogP contribution in [0.1, 0.15) is 18.9 Å². The summed E-state index contributed by atoms with van der Waals surface area (Å²) in [4.78, 5) is 10.7. The molecule has 1 aromatic heterocycles. The van der Waals surface area contributed by atoms with Crippen molar-refractivity contribution in [2.75, 3.05) is 29.4 Å². The van der Waals surface area contributed by atoms with Crippen LogP contribution in [0.5, 0.6) is 0 Å². The van der Waals surface area contributed by atoms with E-state index in [9.17, 15) is 0 Å². The van der Waals surface area contributed by atoms with Gasteiger partial charge >= 0.3 is 0 Å². The quantitative estimate of drug-likeness (QED) is 0.595. The minimum Gasteiger partial charge on any atom is -0.355 e. The van der Waals surface area contributed by atoms with Crippen LogP contribution < -0.4 is 16.2 Å². The van der Waals surface area contributed by atoms with E-state index in [2.05, 4.69) is 40.5 Å². The number of aromatic nitrogens is 2. The monoisotopic (exact) mass is 255 g/mol. The molecule has 1 heterocycles. The highest BCUT2D eigenvalue weighted by molar-refractivity contribution is 7.98. The number of hydrazine groups is 1. The second-order valence-corrected chi connectivity index (χ2v) is 4.88. The van der Waals surface area contributed by atoms with Crippen molar-refractivity contribution < 1.29 is 0 Å². The second-order valence-electron chi connectivity index (χ2n) is 3.97. The van der Waals surface area contributed by atoms with Crippen LogP contribution in [0, 0.1) is 6.92 Å². The Morgan fingerprint density at radius 1 is 1.59 bits per heavy atom. The summed E-state index contributed by atoms with van der Waals surface area (Å²) in [5.74, 6) is 7.82. The summed E-state index contributed by atoms with van der Waals surface area (Å²) in [6.07, 6.45) is 5.00. The van der Waals surface area contributed by atoms with Crippen molar-refractivity contribution >= 4 is 23.5 Å². The minimum atomic E-state index is 0.455. The van der Waals surface area contributed by atoms with Gasteiger partial charge in [0.1, 0.15) is 5.82 Å². The number of hydrogen-bond acceptors (Lipinski definition) is 6. The Balaban J connectivity index is 2.96. The smallest absolute Gasteiger partial charge is 0.239 e. The number of aryl methyl sites for hydroxylation is 1. The average Bonchev–Trinajstić information content (AvgIpc) is 2.35. The van der Waals surface area contributed by atoms with Gasteiger partial charge in [0.15, 0.2) is 0 Å². The van der Waals surface area contributed by atoms with Crippen LogP contribution in [0.2, 0.25) is 0 Å². The summed E-state index contributed by atoms with van der Waals surface area (Å²) in [5.41, 5.74) is 3.55. The molecule has 0 spiro atoms. The third-order valence-electron chi connectivity index (χ3n) is 2.79. The Hall–Kier alpha value is -1.01. The van der Waals surface area contributed by atoms with E-state index >= 15 is 0 Å². The highest BCUT2D eigenvalue weighted by Crippen LogP contribution is 2.21. The summed E-state index contributed by atoms with van der Waals surface area (Å²) in [6, 6.07) is 0.476. The molecular weight excluding hydrogens is 234 g/mol. The Morgan fingerprint density at radius 2 is 2.29 bits per heavy atom. The summed E-state index contributed by atoms with van der Waals surface area (Å²) < 4.78 is 0. The van der Waals surface area contributed by atoms with E-state index in [1.54, 1.807) is 6.20 Å². The molecule has 1 aromatic rings. The lowest BCUT2D eigenvalue weighted by Gasteiger charge is -2.29. The maximum Gasteiger partial charge on any atom is 0.239 e. The molecule has 3 N–H and O–H groups in total. The third kappa shape index (κ3) is 3.47. The van der Waals surface area contributed by atoms with Crippen LogP contribution in [0.3, 0.4) is 0 Å². The molecule has 1 unspecified atom stereocenters. The predicted molar refractivity (Wildman–Crippen MR) is 75.4 cm³/mol. The first-order valence-corrected chi connectivity index (χ1v) is 7.05. The molecule has 0 radical (unpaired) electrons. The van der Waals surface area contributed by atoms with Crippen LogP contribution in [0.15, 0.2) is 6.20 Å². The van der Waals surface area contributed by atoms with Gasteiger partial charge in [0.05, 0.1) is 0 Å². The normalized spacial score (nSPS) is 12.3. The first-order chi connectivity index (χ1) is 8.13. The first kappa shape index (κ1) is 14.1. The van der Waals surface area contributed by atoms with Crippen LogP contribution in [0.4, 0.5) is 11.8 Å². The SMILES string of the molecule is CCC(CSC)N(C)c1nc(NN)ncc1C. The zero-order valence-corrected chi connectivity index (χ0v) is 11.7. The van der Waals surface area contributed by atoms with Crippen molar-refractivity contribution in [2.45, 2.75) is 26.3 Å². The number of thioether (sulfide) groups is 1. The van der Waals surface area contributed by atoms with Gasteiger partial charge in [-0.2, -0.15) is 16.7 Å². The van der Waals surface area contributed by atoms with Gasteiger partial charge in [-0.25, -0.2) is 10.8 Å². The number of nitrogens with zero attached hydrogens (tertiary/aromatic N) is 3. The van der Waals surface area contributed by atoms with E-state index in [1.165, 1.54) is 0 Å². The van der Waals surface area contributed by atoms with Gasteiger partial charge in [0.25, 0.3) is 0 Å². The van der Waals surface area contributed by atoms with Gasteiger partial charge in [-0.1, -0.05) is 6.92 Å². The van der Waals surface area contributed by atoms with E-state index in [4.69, 9.17) is 5.84 Å². The minimum absolute atomic E-state index is 0.455. The van der Waals surface area contributed by atoms with Crippen molar-refractivity contribution in [3.8, 4) is 0 Å². The molecule has 0 aliphatic carbocycles. The molecule has 0 fully saturated rings. The van der Waals surface area contributed by atoms with Crippen LogP contribution in [0.25, 0.3) is 0 Å². The molecule has 6 heteroatoms. The molecule has 0 saturated heterocycles. The topological polar surface area (TPSA) is 67.1 Å². The number of nitrogens with two attached hydrogens (primary N) is 1. The van der Waals surface area contributed by atoms with Gasteiger partial charge in [-0.15, -0.1) is 0 Å². The van der Waals surface area contributed by atoms with Gasteiger partial charge < -0.3 is 4.90 Å². The molecule has 0 bridgehead atoms. The number of nitrogen functional groups attached to an aromatic ring is 1. The van der Waals surface area contributed by atoms with Gasteiger partial charge in [-0.05, 0) is 19.6 Å². The van der Waals surface area contributed by atoms with E-state index < -0.39 is 0 Å². The summed E-state index contributed by atoms with van der Waals surface area (Å²) in [5, 5.41) is 0. The number of rotatable bonds is 6. The molecule has 17 heavy (non-hydrogen) atoms. The molecule has 1 rings (SSSR count). The predicted octanol–water partition coefficient (Wildman–Crippen LogP) is 1.65. The molecule has 0 aliphatic rings. The van der Waals surface area contributed by atoms with Gasteiger partial charge in [0, 0.05) is 30.6 Å². The van der Waals surface area contributed by atoms with Crippen molar-refractivity contribution in [1.82, 2.24) is 9.97 Å². The standard InChI is InChI=1S/C11H21N5S/c1-5-9(7-17-4)16(3)10-8(2)6-13-11(14-10)15-12/h6,9H,5,7,12H2,1-4H3,(H,13,14,15). The molecule has 0 aromatic carbocycles. The fraction of sp³-hybridized carbons (Fsp3) is 0.636. The highest BCUT2D eigenvalue weighted by atomic mass is 32.2.